The van der Waals surface area contributed by atoms with Gasteiger partial charge in [-0.25, -0.2) is 0 Å². The fraction of sp³-hybridized carbons (Fsp3) is 0.250. The van der Waals surface area contributed by atoms with Crippen molar-refractivity contribution in [2.45, 2.75) is 18.9 Å². The molecule has 2 nitrogen and oxygen atoms in total. The summed E-state index contributed by atoms with van der Waals surface area (Å²) in [5.74, 6) is 1.93. The third-order valence-electron chi connectivity index (χ3n) is 3.47. The Balaban J connectivity index is 1.86. The number of halogens is 1. The van der Waals surface area contributed by atoms with Crippen molar-refractivity contribution in [3.8, 4) is 11.5 Å². The van der Waals surface area contributed by atoms with Gasteiger partial charge < -0.3 is 9.47 Å². The molecule has 1 atom stereocenters. The average molecular weight is 366 g/mol. The number of rotatable bonds is 2. The van der Waals surface area contributed by atoms with Gasteiger partial charge in [-0.3, -0.25) is 0 Å². The Morgan fingerprint density at radius 2 is 1.95 bits per heavy atom. The monoisotopic (exact) mass is 366 g/mol. The molecule has 1 aliphatic rings. The quantitative estimate of drug-likeness (QED) is 0.735. The van der Waals surface area contributed by atoms with Gasteiger partial charge in [0.15, 0.2) is 0 Å². The molecular formula is C16H15IO2. The van der Waals surface area contributed by atoms with E-state index in [2.05, 4.69) is 52.9 Å². The summed E-state index contributed by atoms with van der Waals surface area (Å²) in [4.78, 5) is 0. The van der Waals surface area contributed by atoms with Gasteiger partial charge in [-0.05, 0) is 64.8 Å². The van der Waals surface area contributed by atoms with Gasteiger partial charge in [-0.15, -0.1) is 0 Å². The predicted molar refractivity (Wildman–Crippen MR) is 83.8 cm³/mol. The van der Waals surface area contributed by atoms with Crippen LogP contribution in [0.25, 0.3) is 0 Å². The molecule has 19 heavy (non-hydrogen) atoms. The number of ether oxygens (including phenoxy) is 2. The first-order valence-corrected chi connectivity index (χ1v) is 7.44. The van der Waals surface area contributed by atoms with E-state index in [-0.39, 0.29) is 6.10 Å². The zero-order chi connectivity index (χ0) is 13.2. The third-order valence-corrected chi connectivity index (χ3v) is 4.32. The molecule has 0 N–H and O–H groups in total. The Labute approximate surface area is 126 Å². The van der Waals surface area contributed by atoms with E-state index in [0.29, 0.717) is 0 Å². The van der Waals surface area contributed by atoms with Crippen LogP contribution in [0.1, 0.15) is 23.7 Å². The molecule has 2 aromatic rings. The number of hydrogen-bond donors (Lipinski definition) is 0. The lowest BCUT2D eigenvalue weighted by Gasteiger charge is -2.27. The number of fused-ring (bicyclic) bond motifs is 1. The minimum Gasteiger partial charge on any atom is -0.497 e. The second kappa shape index (κ2) is 5.41. The van der Waals surface area contributed by atoms with Crippen LogP contribution in [0.5, 0.6) is 11.5 Å². The minimum absolute atomic E-state index is 0.148. The largest absolute Gasteiger partial charge is 0.497 e. The summed E-state index contributed by atoms with van der Waals surface area (Å²) in [5, 5.41) is 0. The van der Waals surface area contributed by atoms with Crippen LogP contribution in [-0.2, 0) is 6.42 Å². The molecule has 0 aliphatic carbocycles. The van der Waals surface area contributed by atoms with Gasteiger partial charge in [0, 0.05) is 0 Å². The van der Waals surface area contributed by atoms with Crippen LogP contribution in [0.4, 0.5) is 0 Å². The predicted octanol–water partition coefficient (Wildman–Crippen LogP) is 4.37. The maximum atomic E-state index is 6.17. The van der Waals surface area contributed by atoms with Crippen molar-refractivity contribution >= 4 is 22.6 Å². The lowest BCUT2D eigenvalue weighted by Crippen LogP contribution is -2.15. The maximum absolute atomic E-state index is 6.17. The molecular weight excluding hydrogens is 351 g/mol. The van der Waals surface area contributed by atoms with Gasteiger partial charge in [0.1, 0.15) is 17.6 Å². The molecule has 1 aliphatic heterocycles. The smallest absolute Gasteiger partial charge is 0.136 e. The van der Waals surface area contributed by atoms with Crippen molar-refractivity contribution in [1.82, 2.24) is 0 Å². The molecule has 0 saturated heterocycles. The Kier molecular flexibility index (Phi) is 3.64. The SMILES string of the molecule is COc1ccc(C2CCc3cccc(I)c3O2)cc1. The van der Waals surface area contributed by atoms with Crippen LogP contribution in [0, 0.1) is 3.57 Å². The van der Waals surface area contributed by atoms with E-state index >= 15 is 0 Å². The number of hydrogen-bond acceptors (Lipinski definition) is 2. The standard InChI is InChI=1S/C16H15IO2/c1-18-13-8-5-11(6-9-13)15-10-7-12-3-2-4-14(17)16(12)19-15/h2-6,8-9,15H,7,10H2,1H3. The summed E-state index contributed by atoms with van der Waals surface area (Å²) < 4.78 is 12.6. The van der Waals surface area contributed by atoms with Crippen LogP contribution in [0.15, 0.2) is 42.5 Å². The summed E-state index contributed by atoms with van der Waals surface area (Å²) >= 11 is 2.34. The molecule has 2 aromatic carbocycles. The highest BCUT2D eigenvalue weighted by Crippen LogP contribution is 2.37. The molecule has 0 bridgehead atoms. The first-order valence-electron chi connectivity index (χ1n) is 6.36. The molecule has 3 rings (SSSR count). The number of aryl methyl sites for hydroxylation is 1. The topological polar surface area (TPSA) is 18.5 Å². The third kappa shape index (κ3) is 2.56. The van der Waals surface area contributed by atoms with E-state index in [1.54, 1.807) is 7.11 Å². The summed E-state index contributed by atoms with van der Waals surface area (Å²) in [5.41, 5.74) is 2.53. The van der Waals surface area contributed by atoms with Gasteiger partial charge in [0.05, 0.1) is 10.7 Å². The zero-order valence-electron chi connectivity index (χ0n) is 10.7. The van der Waals surface area contributed by atoms with Crippen molar-refractivity contribution in [3.63, 3.8) is 0 Å². The summed E-state index contributed by atoms with van der Waals surface area (Å²) in [6.45, 7) is 0. The van der Waals surface area contributed by atoms with E-state index in [0.717, 1.165) is 24.3 Å². The molecule has 0 radical (unpaired) electrons. The number of methoxy groups -OCH3 is 1. The van der Waals surface area contributed by atoms with Gasteiger partial charge in [0.2, 0.25) is 0 Å². The summed E-state index contributed by atoms with van der Waals surface area (Å²) in [7, 11) is 1.69. The zero-order valence-corrected chi connectivity index (χ0v) is 12.9. The van der Waals surface area contributed by atoms with Crippen molar-refractivity contribution in [3.05, 3.63) is 57.2 Å². The normalized spacial score (nSPS) is 17.5. The van der Waals surface area contributed by atoms with E-state index < -0.39 is 0 Å². The summed E-state index contributed by atoms with van der Waals surface area (Å²) in [6, 6.07) is 14.5. The number of benzene rings is 2. The van der Waals surface area contributed by atoms with Crippen LogP contribution < -0.4 is 9.47 Å². The minimum atomic E-state index is 0.148. The fourth-order valence-corrected chi connectivity index (χ4v) is 3.10. The summed E-state index contributed by atoms with van der Waals surface area (Å²) in [6.07, 6.45) is 2.25. The average Bonchev–Trinajstić information content (AvgIpc) is 2.47. The van der Waals surface area contributed by atoms with Gasteiger partial charge >= 0.3 is 0 Å². The highest BCUT2D eigenvalue weighted by molar-refractivity contribution is 14.1. The molecule has 0 saturated carbocycles. The molecule has 98 valence electrons. The Bertz CT molecular complexity index is 578. The molecule has 0 aromatic heterocycles. The molecule has 1 unspecified atom stereocenters. The van der Waals surface area contributed by atoms with E-state index in [1.165, 1.54) is 14.7 Å². The molecule has 3 heteroatoms. The molecule has 0 fully saturated rings. The molecule has 0 spiro atoms. The van der Waals surface area contributed by atoms with Crippen molar-refractivity contribution in [2.75, 3.05) is 7.11 Å². The lowest BCUT2D eigenvalue weighted by molar-refractivity contribution is 0.175. The van der Waals surface area contributed by atoms with Crippen LogP contribution >= 0.6 is 22.6 Å². The second-order valence-electron chi connectivity index (χ2n) is 4.65. The van der Waals surface area contributed by atoms with E-state index in [4.69, 9.17) is 9.47 Å². The highest BCUT2D eigenvalue weighted by atomic mass is 127. The molecule has 0 amide bonds. The van der Waals surface area contributed by atoms with Crippen LogP contribution in [0.3, 0.4) is 0 Å². The Hall–Kier alpha value is -1.23. The lowest BCUT2D eigenvalue weighted by atomic mass is 9.97. The fourth-order valence-electron chi connectivity index (χ4n) is 2.42. The second-order valence-corrected chi connectivity index (χ2v) is 5.81. The Morgan fingerprint density at radius 3 is 2.68 bits per heavy atom. The van der Waals surface area contributed by atoms with E-state index in [1.807, 2.05) is 12.1 Å². The van der Waals surface area contributed by atoms with Gasteiger partial charge in [-0.1, -0.05) is 24.3 Å². The van der Waals surface area contributed by atoms with Crippen molar-refractivity contribution in [2.24, 2.45) is 0 Å². The van der Waals surface area contributed by atoms with Gasteiger partial charge in [0.25, 0.3) is 0 Å². The molecule has 1 heterocycles. The highest BCUT2D eigenvalue weighted by Gasteiger charge is 2.22. The van der Waals surface area contributed by atoms with Crippen molar-refractivity contribution in [1.29, 1.82) is 0 Å². The first-order chi connectivity index (χ1) is 9.28. The van der Waals surface area contributed by atoms with Gasteiger partial charge in [-0.2, -0.15) is 0 Å². The Morgan fingerprint density at radius 1 is 1.16 bits per heavy atom. The van der Waals surface area contributed by atoms with E-state index in [9.17, 15) is 0 Å². The van der Waals surface area contributed by atoms with Crippen LogP contribution in [-0.4, -0.2) is 7.11 Å². The first kappa shape index (κ1) is 12.8. The number of para-hydroxylation sites is 1. The van der Waals surface area contributed by atoms with Crippen molar-refractivity contribution < 1.29 is 9.47 Å². The maximum Gasteiger partial charge on any atom is 0.136 e. The van der Waals surface area contributed by atoms with Crippen LogP contribution in [0.2, 0.25) is 0 Å².